The van der Waals surface area contributed by atoms with Gasteiger partial charge in [0.15, 0.2) is 0 Å². The van der Waals surface area contributed by atoms with E-state index in [1.54, 1.807) is 11.3 Å². The fourth-order valence-electron chi connectivity index (χ4n) is 1.32. The van der Waals surface area contributed by atoms with E-state index in [9.17, 15) is 5.11 Å². The number of aliphatic hydroxyl groups excluding tert-OH is 1. The van der Waals surface area contributed by atoms with Gasteiger partial charge in [0.05, 0.1) is 0 Å². The van der Waals surface area contributed by atoms with Crippen molar-refractivity contribution in [3.05, 3.63) is 22.4 Å². The third kappa shape index (κ3) is 3.96. The number of hydrogen-bond donors (Lipinski definition) is 2. The van der Waals surface area contributed by atoms with E-state index in [4.69, 9.17) is 0 Å². The molecular formula is C10H18ClNOS. The molecule has 0 spiro atoms. The third-order valence-electron chi connectivity index (χ3n) is 1.90. The van der Waals surface area contributed by atoms with E-state index in [1.165, 1.54) is 0 Å². The number of thiophene rings is 1. The van der Waals surface area contributed by atoms with Crippen LogP contribution in [0.2, 0.25) is 0 Å². The Kier molecular flexibility index (Phi) is 6.36. The number of aliphatic hydroxyl groups is 1. The topological polar surface area (TPSA) is 32.3 Å². The first-order valence-electron chi connectivity index (χ1n) is 4.58. The van der Waals surface area contributed by atoms with Crippen molar-refractivity contribution < 1.29 is 5.11 Å². The number of nitrogens with one attached hydrogen (secondary N) is 1. The third-order valence-corrected chi connectivity index (χ3v) is 2.85. The highest BCUT2D eigenvalue weighted by Gasteiger charge is 2.17. The molecular weight excluding hydrogens is 218 g/mol. The maximum absolute atomic E-state index is 9.87. The van der Waals surface area contributed by atoms with Gasteiger partial charge >= 0.3 is 0 Å². The lowest BCUT2D eigenvalue weighted by Gasteiger charge is -2.21. The van der Waals surface area contributed by atoms with Crippen LogP contribution in [0, 0.1) is 0 Å². The first-order valence-corrected chi connectivity index (χ1v) is 5.46. The van der Waals surface area contributed by atoms with Crippen molar-refractivity contribution >= 4 is 23.7 Å². The SMILES string of the molecule is CC(C)NC(C)C(O)c1cccs1.Cl. The highest BCUT2D eigenvalue weighted by Crippen LogP contribution is 2.21. The summed E-state index contributed by atoms with van der Waals surface area (Å²) in [4.78, 5) is 1.03. The first-order chi connectivity index (χ1) is 6.11. The normalized spacial score (nSPS) is 14.9. The zero-order chi connectivity index (χ0) is 9.84. The molecule has 0 aromatic carbocycles. The van der Waals surface area contributed by atoms with Crippen LogP contribution in [0.5, 0.6) is 0 Å². The summed E-state index contributed by atoms with van der Waals surface area (Å²) in [6.45, 7) is 6.17. The van der Waals surface area contributed by atoms with Crippen LogP contribution in [0.15, 0.2) is 17.5 Å². The van der Waals surface area contributed by atoms with Crippen LogP contribution in [0.3, 0.4) is 0 Å². The first kappa shape index (κ1) is 13.9. The molecule has 82 valence electrons. The van der Waals surface area contributed by atoms with Gasteiger partial charge in [0.25, 0.3) is 0 Å². The molecule has 0 bridgehead atoms. The largest absolute Gasteiger partial charge is 0.386 e. The van der Waals surface area contributed by atoms with Crippen LogP contribution in [-0.2, 0) is 0 Å². The Morgan fingerprint density at radius 3 is 2.43 bits per heavy atom. The van der Waals surface area contributed by atoms with Gasteiger partial charge in [-0.25, -0.2) is 0 Å². The molecule has 0 amide bonds. The quantitative estimate of drug-likeness (QED) is 0.841. The number of rotatable bonds is 4. The van der Waals surface area contributed by atoms with E-state index >= 15 is 0 Å². The molecule has 14 heavy (non-hydrogen) atoms. The fraction of sp³-hybridized carbons (Fsp3) is 0.600. The molecule has 0 aliphatic heterocycles. The van der Waals surface area contributed by atoms with Crippen LogP contribution < -0.4 is 5.32 Å². The van der Waals surface area contributed by atoms with Crippen molar-refractivity contribution in [1.82, 2.24) is 5.32 Å². The van der Waals surface area contributed by atoms with E-state index in [2.05, 4.69) is 19.2 Å². The lowest BCUT2D eigenvalue weighted by molar-refractivity contribution is 0.135. The molecule has 1 heterocycles. The minimum Gasteiger partial charge on any atom is -0.386 e. The number of hydrogen-bond acceptors (Lipinski definition) is 3. The summed E-state index contributed by atoms with van der Waals surface area (Å²) in [5, 5.41) is 15.1. The Bertz CT molecular complexity index is 238. The summed E-state index contributed by atoms with van der Waals surface area (Å²) in [6.07, 6.45) is -0.387. The molecule has 0 fully saturated rings. The predicted octanol–water partition coefficient (Wildman–Crippen LogP) is 2.59. The average Bonchev–Trinajstić information content (AvgIpc) is 2.53. The van der Waals surface area contributed by atoms with Gasteiger partial charge in [0, 0.05) is 17.0 Å². The molecule has 0 saturated carbocycles. The van der Waals surface area contributed by atoms with E-state index < -0.39 is 0 Å². The van der Waals surface area contributed by atoms with E-state index in [1.807, 2.05) is 24.4 Å². The van der Waals surface area contributed by atoms with Crippen LogP contribution in [-0.4, -0.2) is 17.2 Å². The van der Waals surface area contributed by atoms with Crippen LogP contribution in [0.25, 0.3) is 0 Å². The second-order valence-electron chi connectivity index (χ2n) is 3.57. The summed E-state index contributed by atoms with van der Waals surface area (Å²) >= 11 is 1.60. The smallest absolute Gasteiger partial charge is 0.103 e. The van der Waals surface area contributed by atoms with Gasteiger partial charge in [0.1, 0.15) is 6.10 Å². The van der Waals surface area contributed by atoms with Crippen molar-refractivity contribution in [2.24, 2.45) is 0 Å². The molecule has 2 unspecified atom stereocenters. The minimum atomic E-state index is -0.387. The van der Waals surface area contributed by atoms with Crippen molar-refractivity contribution in [3.63, 3.8) is 0 Å². The molecule has 2 atom stereocenters. The van der Waals surface area contributed by atoms with Crippen molar-refractivity contribution in [2.45, 2.75) is 39.0 Å². The Morgan fingerprint density at radius 2 is 2.00 bits per heavy atom. The Labute approximate surface area is 95.8 Å². The van der Waals surface area contributed by atoms with Crippen molar-refractivity contribution in [2.75, 3.05) is 0 Å². The van der Waals surface area contributed by atoms with Gasteiger partial charge in [-0.3, -0.25) is 0 Å². The molecule has 2 nitrogen and oxygen atoms in total. The zero-order valence-electron chi connectivity index (χ0n) is 8.73. The molecule has 2 N–H and O–H groups in total. The summed E-state index contributed by atoms with van der Waals surface area (Å²) < 4.78 is 0. The van der Waals surface area contributed by atoms with Crippen LogP contribution >= 0.6 is 23.7 Å². The lowest BCUT2D eigenvalue weighted by atomic mass is 10.1. The molecule has 0 radical (unpaired) electrons. The summed E-state index contributed by atoms with van der Waals surface area (Å²) in [6, 6.07) is 4.45. The van der Waals surface area contributed by atoms with Crippen LogP contribution in [0.4, 0.5) is 0 Å². The van der Waals surface area contributed by atoms with Crippen molar-refractivity contribution in [1.29, 1.82) is 0 Å². The fourth-order valence-corrected chi connectivity index (χ4v) is 2.14. The predicted molar refractivity (Wildman–Crippen MR) is 64.3 cm³/mol. The summed E-state index contributed by atoms with van der Waals surface area (Å²) in [5.74, 6) is 0. The second-order valence-corrected chi connectivity index (χ2v) is 4.55. The molecule has 1 aromatic heterocycles. The molecule has 0 saturated heterocycles. The Morgan fingerprint density at radius 1 is 1.36 bits per heavy atom. The van der Waals surface area contributed by atoms with E-state index in [-0.39, 0.29) is 24.6 Å². The molecule has 4 heteroatoms. The summed E-state index contributed by atoms with van der Waals surface area (Å²) in [5.41, 5.74) is 0. The lowest BCUT2D eigenvalue weighted by Crippen LogP contribution is -2.36. The van der Waals surface area contributed by atoms with Crippen LogP contribution in [0.1, 0.15) is 31.8 Å². The van der Waals surface area contributed by atoms with Gasteiger partial charge in [-0.1, -0.05) is 19.9 Å². The maximum Gasteiger partial charge on any atom is 0.103 e. The Hall–Kier alpha value is -0.0900. The number of halogens is 1. The monoisotopic (exact) mass is 235 g/mol. The van der Waals surface area contributed by atoms with Gasteiger partial charge in [-0.05, 0) is 18.4 Å². The van der Waals surface area contributed by atoms with Gasteiger partial charge in [-0.15, -0.1) is 23.7 Å². The minimum absolute atomic E-state index is 0. The van der Waals surface area contributed by atoms with Gasteiger partial charge in [0.2, 0.25) is 0 Å². The highest BCUT2D eigenvalue weighted by atomic mass is 35.5. The van der Waals surface area contributed by atoms with Gasteiger partial charge in [-0.2, -0.15) is 0 Å². The maximum atomic E-state index is 9.87. The summed E-state index contributed by atoms with van der Waals surface area (Å²) in [7, 11) is 0. The standard InChI is InChI=1S/C10H17NOS.ClH/c1-7(2)11-8(3)10(12)9-5-4-6-13-9;/h4-8,10-12H,1-3H3;1H. The van der Waals surface area contributed by atoms with E-state index in [0.29, 0.717) is 6.04 Å². The Balaban J connectivity index is 0.00000169. The zero-order valence-corrected chi connectivity index (χ0v) is 10.4. The molecule has 1 aromatic rings. The average molecular weight is 236 g/mol. The molecule has 0 aliphatic carbocycles. The van der Waals surface area contributed by atoms with Crippen molar-refractivity contribution in [3.8, 4) is 0 Å². The van der Waals surface area contributed by atoms with E-state index in [0.717, 1.165) is 4.88 Å². The second kappa shape index (κ2) is 6.40. The van der Waals surface area contributed by atoms with Gasteiger partial charge < -0.3 is 10.4 Å². The highest BCUT2D eigenvalue weighted by molar-refractivity contribution is 7.10. The molecule has 0 aliphatic rings. The molecule has 1 rings (SSSR count).